The zero-order chi connectivity index (χ0) is 18.4. The third kappa shape index (κ3) is 6.06. The molecule has 7 nitrogen and oxygen atoms in total. The van der Waals surface area contributed by atoms with Gasteiger partial charge < -0.3 is 20.2 Å². The molecule has 1 aromatic carbocycles. The van der Waals surface area contributed by atoms with Crippen LogP contribution in [0.15, 0.2) is 29.4 Å². The number of carbonyl (C=O) groups is 2. The van der Waals surface area contributed by atoms with Crippen LogP contribution in [-0.2, 0) is 14.4 Å². The van der Waals surface area contributed by atoms with E-state index in [-0.39, 0.29) is 31.2 Å². The minimum absolute atomic E-state index is 0.227. The van der Waals surface area contributed by atoms with Crippen LogP contribution in [0, 0.1) is 5.82 Å². The predicted octanol–water partition coefficient (Wildman–Crippen LogP) is 1.96. The number of halogens is 1. The van der Waals surface area contributed by atoms with Gasteiger partial charge in [-0.05, 0) is 32.9 Å². The third-order valence-corrected chi connectivity index (χ3v) is 3.21. The van der Waals surface area contributed by atoms with Crippen molar-refractivity contribution in [1.29, 1.82) is 0 Å². The highest BCUT2D eigenvalue weighted by molar-refractivity contribution is 6.04. The number of hydrogen-bond donors (Lipinski definition) is 2. The number of alkyl carbamates (subject to hydrolysis) is 1. The van der Waals surface area contributed by atoms with Crippen LogP contribution in [0.3, 0.4) is 0 Å². The summed E-state index contributed by atoms with van der Waals surface area (Å²) >= 11 is 0. The SMILES string of the molecule is CC(C)(C)OC(=O)NCCNC(=O)C1CC(c2cccc(F)c2)=NO1. The van der Waals surface area contributed by atoms with Gasteiger partial charge in [-0.2, -0.15) is 0 Å². The number of carbonyl (C=O) groups excluding carboxylic acids is 2. The maximum absolute atomic E-state index is 13.2. The molecule has 1 aromatic rings. The molecule has 1 atom stereocenters. The van der Waals surface area contributed by atoms with Gasteiger partial charge in [0, 0.05) is 25.1 Å². The largest absolute Gasteiger partial charge is 0.444 e. The van der Waals surface area contributed by atoms with E-state index in [9.17, 15) is 14.0 Å². The van der Waals surface area contributed by atoms with E-state index in [4.69, 9.17) is 9.57 Å². The summed E-state index contributed by atoms with van der Waals surface area (Å²) in [6.07, 6.45) is -1.05. The maximum Gasteiger partial charge on any atom is 0.407 e. The molecule has 0 saturated carbocycles. The lowest BCUT2D eigenvalue weighted by atomic mass is 10.0. The molecule has 2 rings (SSSR count). The van der Waals surface area contributed by atoms with Crippen molar-refractivity contribution >= 4 is 17.7 Å². The highest BCUT2D eigenvalue weighted by Gasteiger charge is 2.28. The van der Waals surface area contributed by atoms with Gasteiger partial charge in [0.2, 0.25) is 6.10 Å². The summed E-state index contributed by atoms with van der Waals surface area (Å²) in [5.41, 5.74) is 0.531. The summed E-state index contributed by atoms with van der Waals surface area (Å²) in [6, 6.07) is 5.95. The molecule has 136 valence electrons. The van der Waals surface area contributed by atoms with Crippen LogP contribution in [0.4, 0.5) is 9.18 Å². The Labute approximate surface area is 145 Å². The molecule has 0 aromatic heterocycles. The van der Waals surface area contributed by atoms with Crippen molar-refractivity contribution in [1.82, 2.24) is 10.6 Å². The number of oxime groups is 1. The molecular weight excluding hydrogens is 329 g/mol. The van der Waals surface area contributed by atoms with Crippen molar-refractivity contribution in [3.8, 4) is 0 Å². The Balaban J connectivity index is 1.70. The smallest absolute Gasteiger partial charge is 0.407 e. The number of amides is 2. The van der Waals surface area contributed by atoms with Gasteiger partial charge in [-0.3, -0.25) is 4.79 Å². The molecule has 0 bridgehead atoms. The fraction of sp³-hybridized carbons (Fsp3) is 0.471. The molecule has 8 heteroatoms. The van der Waals surface area contributed by atoms with Crippen LogP contribution in [0.25, 0.3) is 0 Å². The molecule has 25 heavy (non-hydrogen) atoms. The predicted molar refractivity (Wildman–Crippen MR) is 89.7 cm³/mol. The molecule has 2 amide bonds. The van der Waals surface area contributed by atoms with Crippen molar-refractivity contribution in [2.45, 2.75) is 38.9 Å². The Morgan fingerprint density at radius 1 is 1.32 bits per heavy atom. The lowest BCUT2D eigenvalue weighted by Gasteiger charge is -2.19. The molecular formula is C17H22FN3O4. The summed E-state index contributed by atoms with van der Waals surface area (Å²) in [7, 11) is 0. The fourth-order valence-corrected chi connectivity index (χ4v) is 2.13. The molecule has 1 aliphatic rings. The van der Waals surface area contributed by atoms with Gasteiger partial charge in [0.15, 0.2) is 0 Å². The zero-order valence-electron chi connectivity index (χ0n) is 14.5. The van der Waals surface area contributed by atoms with Gasteiger partial charge in [0.05, 0.1) is 5.71 Å². The van der Waals surface area contributed by atoms with Gasteiger partial charge in [-0.25, -0.2) is 9.18 Å². The van der Waals surface area contributed by atoms with E-state index in [1.54, 1.807) is 32.9 Å². The summed E-state index contributed by atoms with van der Waals surface area (Å²) < 4.78 is 18.3. The van der Waals surface area contributed by atoms with E-state index in [1.807, 2.05) is 0 Å². The minimum atomic E-state index is -0.764. The van der Waals surface area contributed by atoms with Gasteiger partial charge in [0.25, 0.3) is 5.91 Å². The first-order valence-electron chi connectivity index (χ1n) is 7.98. The molecule has 1 aliphatic heterocycles. The van der Waals surface area contributed by atoms with E-state index < -0.39 is 17.8 Å². The monoisotopic (exact) mass is 351 g/mol. The van der Waals surface area contributed by atoms with Crippen molar-refractivity contribution in [3.63, 3.8) is 0 Å². The Hall–Kier alpha value is -2.64. The van der Waals surface area contributed by atoms with E-state index in [2.05, 4.69) is 15.8 Å². The van der Waals surface area contributed by atoms with Crippen LogP contribution < -0.4 is 10.6 Å². The van der Waals surface area contributed by atoms with Crippen molar-refractivity contribution in [3.05, 3.63) is 35.6 Å². The highest BCUT2D eigenvalue weighted by atomic mass is 19.1. The number of rotatable bonds is 5. The quantitative estimate of drug-likeness (QED) is 0.794. The molecule has 0 fully saturated rings. The molecule has 0 aliphatic carbocycles. The van der Waals surface area contributed by atoms with Crippen LogP contribution in [-0.4, -0.2) is 42.5 Å². The van der Waals surface area contributed by atoms with E-state index in [1.165, 1.54) is 12.1 Å². The minimum Gasteiger partial charge on any atom is -0.444 e. The second-order valence-electron chi connectivity index (χ2n) is 6.57. The zero-order valence-corrected chi connectivity index (χ0v) is 14.5. The number of hydrogen-bond acceptors (Lipinski definition) is 5. The summed E-state index contributed by atoms with van der Waals surface area (Å²) in [5.74, 6) is -0.720. The van der Waals surface area contributed by atoms with Gasteiger partial charge >= 0.3 is 6.09 Å². The summed E-state index contributed by atoms with van der Waals surface area (Å²) in [4.78, 5) is 28.6. The van der Waals surface area contributed by atoms with Gasteiger partial charge in [0.1, 0.15) is 11.4 Å². The maximum atomic E-state index is 13.2. The standard InChI is InChI=1S/C17H22FN3O4/c1-17(2,3)24-16(23)20-8-7-19-15(22)14-10-13(21-25-14)11-5-4-6-12(18)9-11/h4-6,9,14H,7-8,10H2,1-3H3,(H,19,22)(H,20,23). The normalized spacial score (nSPS) is 16.6. The lowest BCUT2D eigenvalue weighted by Crippen LogP contribution is -2.41. The number of nitrogens with one attached hydrogen (secondary N) is 2. The van der Waals surface area contributed by atoms with Crippen LogP contribution in [0.1, 0.15) is 32.8 Å². The van der Waals surface area contributed by atoms with Crippen molar-refractivity contribution in [2.24, 2.45) is 5.16 Å². The van der Waals surface area contributed by atoms with Gasteiger partial charge in [-0.15, -0.1) is 0 Å². The second kappa shape index (κ2) is 7.96. The van der Waals surface area contributed by atoms with Crippen LogP contribution >= 0.6 is 0 Å². The second-order valence-corrected chi connectivity index (χ2v) is 6.57. The van der Waals surface area contributed by atoms with E-state index >= 15 is 0 Å². The van der Waals surface area contributed by atoms with Crippen molar-refractivity contribution < 1.29 is 23.6 Å². The van der Waals surface area contributed by atoms with E-state index in [0.29, 0.717) is 11.3 Å². The Bertz CT molecular complexity index is 670. The summed E-state index contributed by atoms with van der Waals surface area (Å²) in [6.45, 7) is 5.75. The first-order chi connectivity index (χ1) is 11.7. The van der Waals surface area contributed by atoms with Gasteiger partial charge in [-0.1, -0.05) is 17.3 Å². The lowest BCUT2D eigenvalue weighted by molar-refractivity contribution is -0.131. The Kier molecular flexibility index (Phi) is 5.95. The molecule has 0 spiro atoms. The van der Waals surface area contributed by atoms with Crippen LogP contribution in [0.2, 0.25) is 0 Å². The fourth-order valence-electron chi connectivity index (χ4n) is 2.13. The number of nitrogens with zero attached hydrogens (tertiary/aromatic N) is 1. The first kappa shape index (κ1) is 18.7. The van der Waals surface area contributed by atoms with E-state index in [0.717, 1.165) is 0 Å². The molecule has 1 unspecified atom stereocenters. The van der Waals surface area contributed by atoms with Crippen molar-refractivity contribution in [2.75, 3.05) is 13.1 Å². The molecule has 0 radical (unpaired) electrons. The average molecular weight is 351 g/mol. The number of ether oxygens (including phenoxy) is 1. The summed E-state index contributed by atoms with van der Waals surface area (Å²) in [5, 5.41) is 9.03. The molecule has 0 saturated heterocycles. The topological polar surface area (TPSA) is 89.0 Å². The molecule has 2 N–H and O–H groups in total. The first-order valence-corrected chi connectivity index (χ1v) is 7.98. The third-order valence-electron chi connectivity index (χ3n) is 3.21. The Morgan fingerprint density at radius 3 is 2.72 bits per heavy atom. The average Bonchev–Trinajstić information content (AvgIpc) is 2.99. The highest BCUT2D eigenvalue weighted by Crippen LogP contribution is 2.17. The van der Waals surface area contributed by atoms with Crippen LogP contribution in [0.5, 0.6) is 0 Å². The number of benzene rings is 1. The Morgan fingerprint density at radius 2 is 2.04 bits per heavy atom. The molecule has 1 heterocycles.